The Kier molecular flexibility index (Phi) is 3.16. The molecule has 0 bridgehead atoms. The first-order valence-corrected chi connectivity index (χ1v) is 5.36. The number of benzene rings is 1. The lowest BCUT2D eigenvalue weighted by atomic mass is 9.88. The minimum absolute atomic E-state index is 0.172. The van der Waals surface area contributed by atoms with E-state index in [0.717, 1.165) is 0 Å². The minimum Gasteiger partial charge on any atom is -0.380 e. The standard InChI is InChI=1S/C11H12F2N2O3/c1-11(5-18-6-11)4-14-10-8(13)2-7(12)3-9(10)15(16)17/h2-3,14H,4-6H2,1H3. The number of hydrogen-bond acceptors (Lipinski definition) is 4. The largest absolute Gasteiger partial charge is 0.380 e. The van der Waals surface area contributed by atoms with E-state index in [4.69, 9.17) is 4.74 Å². The fraction of sp³-hybridized carbons (Fsp3) is 0.455. The third-order valence-corrected chi connectivity index (χ3v) is 2.82. The Labute approximate surface area is 102 Å². The number of anilines is 1. The van der Waals surface area contributed by atoms with Gasteiger partial charge >= 0.3 is 0 Å². The maximum atomic E-state index is 13.5. The van der Waals surface area contributed by atoms with E-state index in [1.807, 2.05) is 6.92 Å². The van der Waals surface area contributed by atoms with Crippen LogP contribution in [-0.2, 0) is 4.74 Å². The Hall–Kier alpha value is -1.76. The summed E-state index contributed by atoms with van der Waals surface area (Å²) < 4.78 is 31.5. The van der Waals surface area contributed by atoms with Crippen LogP contribution in [0.1, 0.15) is 6.92 Å². The molecule has 0 spiro atoms. The van der Waals surface area contributed by atoms with Crippen molar-refractivity contribution in [2.75, 3.05) is 25.1 Å². The Balaban J connectivity index is 2.22. The van der Waals surface area contributed by atoms with Crippen molar-refractivity contribution in [1.82, 2.24) is 0 Å². The van der Waals surface area contributed by atoms with E-state index in [-0.39, 0.29) is 11.1 Å². The van der Waals surface area contributed by atoms with Crippen molar-refractivity contribution in [1.29, 1.82) is 0 Å². The van der Waals surface area contributed by atoms with Gasteiger partial charge in [0.15, 0.2) is 5.82 Å². The summed E-state index contributed by atoms with van der Waals surface area (Å²) in [4.78, 5) is 9.93. The first-order valence-electron chi connectivity index (χ1n) is 5.36. The third kappa shape index (κ3) is 2.40. The van der Waals surface area contributed by atoms with Gasteiger partial charge in [0, 0.05) is 18.0 Å². The first kappa shape index (κ1) is 12.7. The van der Waals surface area contributed by atoms with Gasteiger partial charge in [-0.1, -0.05) is 6.92 Å². The van der Waals surface area contributed by atoms with Crippen molar-refractivity contribution in [3.63, 3.8) is 0 Å². The monoisotopic (exact) mass is 258 g/mol. The molecule has 1 aliphatic heterocycles. The molecule has 5 nitrogen and oxygen atoms in total. The molecule has 1 N–H and O–H groups in total. The molecule has 7 heteroatoms. The fourth-order valence-electron chi connectivity index (χ4n) is 1.73. The number of nitrogens with one attached hydrogen (secondary N) is 1. The van der Waals surface area contributed by atoms with Crippen molar-refractivity contribution >= 4 is 11.4 Å². The first-order chi connectivity index (χ1) is 8.41. The van der Waals surface area contributed by atoms with Crippen LogP contribution in [0.5, 0.6) is 0 Å². The molecule has 98 valence electrons. The van der Waals surface area contributed by atoms with E-state index in [9.17, 15) is 18.9 Å². The van der Waals surface area contributed by atoms with Crippen LogP contribution >= 0.6 is 0 Å². The molecule has 1 heterocycles. The zero-order valence-corrected chi connectivity index (χ0v) is 9.70. The van der Waals surface area contributed by atoms with Crippen molar-refractivity contribution in [3.05, 3.63) is 33.9 Å². The molecule has 0 atom stereocenters. The molecule has 0 aliphatic carbocycles. The molecule has 1 aromatic rings. The summed E-state index contributed by atoms with van der Waals surface area (Å²) in [7, 11) is 0. The van der Waals surface area contributed by atoms with E-state index < -0.39 is 22.2 Å². The average molecular weight is 258 g/mol. The number of ether oxygens (including phenoxy) is 1. The zero-order valence-electron chi connectivity index (χ0n) is 9.70. The Morgan fingerprint density at radius 2 is 2.17 bits per heavy atom. The molecule has 0 aromatic heterocycles. The molecule has 1 saturated heterocycles. The van der Waals surface area contributed by atoms with Crippen LogP contribution in [0, 0.1) is 27.2 Å². The van der Waals surface area contributed by atoms with Crippen LogP contribution in [0.25, 0.3) is 0 Å². The fourth-order valence-corrected chi connectivity index (χ4v) is 1.73. The van der Waals surface area contributed by atoms with Gasteiger partial charge in [-0.2, -0.15) is 0 Å². The summed E-state index contributed by atoms with van der Waals surface area (Å²) in [5.41, 5.74) is -1.06. The highest BCUT2D eigenvalue weighted by Crippen LogP contribution is 2.32. The molecule has 0 saturated carbocycles. The maximum absolute atomic E-state index is 13.5. The molecule has 1 fully saturated rings. The van der Waals surface area contributed by atoms with E-state index in [2.05, 4.69) is 5.32 Å². The number of nitro benzene ring substituents is 1. The predicted molar refractivity (Wildman–Crippen MR) is 60.4 cm³/mol. The van der Waals surface area contributed by atoms with E-state index in [1.54, 1.807) is 0 Å². The third-order valence-electron chi connectivity index (χ3n) is 2.82. The highest BCUT2D eigenvalue weighted by molar-refractivity contribution is 5.62. The van der Waals surface area contributed by atoms with Gasteiger partial charge in [-0.3, -0.25) is 10.1 Å². The van der Waals surface area contributed by atoms with Crippen molar-refractivity contribution < 1.29 is 18.4 Å². The Morgan fingerprint density at radius 3 is 2.67 bits per heavy atom. The molecule has 2 rings (SSSR count). The molecule has 1 aromatic carbocycles. The quantitative estimate of drug-likeness (QED) is 0.665. The van der Waals surface area contributed by atoms with Crippen LogP contribution in [0.2, 0.25) is 0 Å². The lowest BCUT2D eigenvalue weighted by Crippen LogP contribution is -2.45. The van der Waals surface area contributed by atoms with Crippen LogP contribution in [0.15, 0.2) is 12.1 Å². The van der Waals surface area contributed by atoms with E-state index >= 15 is 0 Å². The lowest BCUT2D eigenvalue weighted by Gasteiger charge is -2.38. The number of halogens is 2. The molecule has 18 heavy (non-hydrogen) atoms. The predicted octanol–water partition coefficient (Wildman–Crippen LogP) is 2.32. The lowest BCUT2D eigenvalue weighted by molar-refractivity contribution is -0.384. The Morgan fingerprint density at radius 1 is 1.50 bits per heavy atom. The van der Waals surface area contributed by atoms with Gasteiger partial charge in [0.1, 0.15) is 11.5 Å². The SMILES string of the molecule is CC1(CNc2c(F)cc(F)cc2[N+](=O)[O-])COC1. The van der Waals surface area contributed by atoms with Gasteiger partial charge in [-0.25, -0.2) is 8.78 Å². The van der Waals surface area contributed by atoms with Gasteiger partial charge in [-0.15, -0.1) is 0 Å². The number of nitro groups is 1. The van der Waals surface area contributed by atoms with Gasteiger partial charge in [-0.05, 0) is 0 Å². The summed E-state index contributed by atoms with van der Waals surface area (Å²) in [6, 6.07) is 1.32. The number of rotatable bonds is 4. The minimum atomic E-state index is -0.970. The highest BCUT2D eigenvalue weighted by atomic mass is 19.1. The van der Waals surface area contributed by atoms with Crippen LogP contribution in [0.3, 0.4) is 0 Å². The van der Waals surface area contributed by atoms with E-state index in [0.29, 0.717) is 31.9 Å². The molecule has 0 unspecified atom stereocenters. The zero-order chi connectivity index (χ0) is 13.3. The van der Waals surface area contributed by atoms with Crippen molar-refractivity contribution in [2.24, 2.45) is 5.41 Å². The topological polar surface area (TPSA) is 64.4 Å². The van der Waals surface area contributed by atoms with Crippen LogP contribution < -0.4 is 5.32 Å². The van der Waals surface area contributed by atoms with Gasteiger partial charge < -0.3 is 10.1 Å². The second kappa shape index (κ2) is 4.49. The van der Waals surface area contributed by atoms with E-state index in [1.165, 1.54) is 0 Å². The highest BCUT2D eigenvalue weighted by Gasteiger charge is 2.34. The molecule has 0 amide bonds. The normalized spacial score (nSPS) is 17.1. The summed E-state index contributed by atoms with van der Waals surface area (Å²) in [5, 5.41) is 13.4. The second-order valence-corrected chi connectivity index (χ2v) is 4.70. The molecular formula is C11H12F2N2O3. The van der Waals surface area contributed by atoms with Gasteiger partial charge in [0.25, 0.3) is 5.69 Å². The maximum Gasteiger partial charge on any atom is 0.298 e. The Bertz CT molecular complexity index is 489. The summed E-state index contributed by atoms with van der Waals surface area (Å²) in [6.45, 7) is 3.26. The number of nitrogens with zero attached hydrogens (tertiary/aromatic N) is 1. The molecular weight excluding hydrogens is 246 g/mol. The number of hydrogen-bond donors (Lipinski definition) is 1. The van der Waals surface area contributed by atoms with Gasteiger partial charge in [0.2, 0.25) is 0 Å². The van der Waals surface area contributed by atoms with Crippen molar-refractivity contribution in [2.45, 2.75) is 6.92 Å². The van der Waals surface area contributed by atoms with Crippen molar-refractivity contribution in [3.8, 4) is 0 Å². The summed E-state index contributed by atoms with van der Waals surface area (Å²) in [5.74, 6) is -1.94. The molecule has 1 aliphatic rings. The summed E-state index contributed by atoms with van der Waals surface area (Å²) in [6.07, 6.45) is 0. The van der Waals surface area contributed by atoms with Crippen LogP contribution in [-0.4, -0.2) is 24.7 Å². The van der Waals surface area contributed by atoms with Gasteiger partial charge in [0.05, 0.1) is 24.2 Å². The molecule has 0 radical (unpaired) electrons. The average Bonchev–Trinajstić information content (AvgIpc) is 2.24. The second-order valence-electron chi connectivity index (χ2n) is 4.70. The summed E-state index contributed by atoms with van der Waals surface area (Å²) >= 11 is 0. The smallest absolute Gasteiger partial charge is 0.298 e. The van der Waals surface area contributed by atoms with Crippen LogP contribution in [0.4, 0.5) is 20.2 Å².